The van der Waals surface area contributed by atoms with Crippen molar-refractivity contribution in [2.45, 2.75) is 26.8 Å². The molecule has 0 bridgehead atoms. The lowest BCUT2D eigenvalue weighted by molar-refractivity contribution is -0.140. The Bertz CT molecular complexity index is 994. The number of methoxy groups -OCH3 is 1. The molecule has 0 aromatic heterocycles. The van der Waals surface area contributed by atoms with E-state index in [1.807, 2.05) is 19.1 Å². The van der Waals surface area contributed by atoms with Gasteiger partial charge in [0, 0.05) is 18.7 Å². The fourth-order valence-corrected chi connectivity index (χ4v) is 4.06. The minimum absolute atomic E-state index is 0.0915. The highest BCUT2D eigenvalue weighted by atomic mass is 16.5. The van der Waals surface area contributed by atoms with Crippen LogP contribution in [-0.2, 0) is 9.59 Å². The smallest absolute Gasteiger partial charge is 0.295 e. The zero-order valence-electron chi connectivity index (χ0n) is 19.7. The van der Waals surface area contributed by atoms with Crippen LogP contribution in [-0.4, -0.2) is 66.5 Å². The third kappa shape index (κ3) is 5.20. The van der Waals surface area contributed by atoms with Crippen LogP contribution in [0.25, 0.3) is 5.76 Å². The number of carbonyl (C=O) groups is 2. The lowest BCUT2D eigenvalue weighted by Crippen LogP contribution is -2.38. The molecule has 1 aliphatic rings. The van der Waals surface area contributed by atoms with Gasteiger partial charge in [-0.15, -0.1) is 0 Å². The van der Waals surface area contributed by atoms with Crippen molar-refractivity contribution < 1.29 is 24.2 Å². The van der Waals surface area contributed by atoms with Gasteiger partial charge >= 0.3 is 0 Å². The second-order valence-electron chi connectivity index (χ2n) is 7.75. The molecule has 1 heterocycles. The Hall–Kier alpha value is -3.32. The van der Waals surface area contributed by atoms with Crippen LogP contribution in [0.2, 0.25) is 0 Å². The van der Waals surface area contributed by atoms with Crippen LogP contribution in [0.1, 0.15) is 37.9 Å². The van der Waals surface area contributed by atoms with Gasteiger partial charge in [-0.3, -0.25) is 9.59 Å². The fraction of sp³-hybridized carbons (Fsp3) is 0.385. The van der Waals surface area contributed by atoms with Gasteiger partial charge in [0.2, 0.25) is 0 Å². The van der Waals surface area contributed by atoms with Gasteiger partial charge in [0.1, 0.15) is 17.3 Å². The molecule has 176 valence electrons. The summed E-state index contributed by atoms with van der Waals surface area (Å²) in [4.78, 5) is 29.9. The van der Waals surface area contributed by atoms with Gasteiger partial charge in [-0.2, -0.15) is 0 Å². The van der Waals surface area contributed by atoms with Crippen LogP contribution in [0.15, 0.2) is 54.1 Å². The topological polar surface area (TPSA) is 79.3 Å². The van der Waals surface area contributed by atoms with Crippen molar-refractivity contribution in [2.24, 2.45) is 0 Å². The van der Waals surface area contributed by atoms with Crippen molar-refractivity contribution in [3.8, 4) is 11.5 Å². The van der Waals surface area contributed by atoms with Gasteiger partial charge in [-0.05, 0) is 62.0 Å². The molecule has 0 radical (unpaired) electrons. The number of amides is 1. The molecule has 1 saturated heterocycles. The molecule has 3 rings (SSSR count). The molecule has 2 aromatic rings. The average molecular weight is 453 g/mol. The molecular weight excluding hydrogens is 420 g/mol. The summed E-state index contributed by atoms with van der Waals surface area (Å²) in [5, 5.41) is 11.2. The number of benzene rings is 2. The first kappa shape index (κ1) is 24.3. The van der Waals surface area contributed by atoms with E-state index in [9.17, 15) is 14.7 Å². The van der Waals surface area contributed by atoms with Crippen LogP contribution >= 0.6 is 0 Å². The van der Waals surface area contributed by atoms with E-state index in [2.05, 4.69) is 18.7 Å². The number of nitrogens with zero attached hydrogens (tertiary/aromatic N) is 2. The monoisotopic (exact) mass is 452 g/mol. The van der Waals surface area contributed by atoms with Crippen LogP contribution < -0.4 is 9.47 Å². The van der Waals surface area contributed by atoms with Crippen molar-refractivity contribution >= 4 is 17.4 Å². The molecule has 0 aliphatic carbocycles. The fourth-order valence-electron chi connectivity index (χ4n) is 4.06. The first-order valence-corrected chi connectivity index (χ1v) is 11.3. The molecular formula is C26H32N2O5. The predicted octanol–water partition coefficient (Wildman–Crippen LogP) is 3.86. The Morgan fingerprint density at radius 2 is 1.58 bits per heavy atom. The number of likely N-dealkylation sites (N-methyl/N-ethyl adjacent to an activating group) is 1. The molecule has 1 atom stereocenters. The highest BCUT2D eigenvalue weighted by Gasteiger charge is 2.45. The lowest BCUT2D eigenvalue weighted by Gasteiger charge is -2.28. The standard InChI is InChI=1S/C26H32N2O5/c1-5-27(6-2)16-17-28-23(18-8-12-20(32-4)13-9-18)22(25(30)26(28)31)24(29)19-10-14-21(15-11-19)33-7-3/h8-15,23,29H,5-7,16-17H2,1-4H3/b24-22-/t23-/m0/s1. The first-order chi connectivity index (χ1) is 15.9. The number of ketones is 1. The Kier molecular flexibility index (Phi) is 8.11. The predicted molar refractivity (Wildman–Crippen MR) is 127 cm³/mol. The second kappa shape index (κ2) is 11.0. The summed E-state index contributed by atoms with van der Waals surface area (Å²) < 4.78 is 10.7. The van der Waals surface area contributed by atoms with E-state index in [0.29, 0.717) is 36.8 Å². The molecule has 7 nitrogen and oxygen atoms in total. The molecule has 1 N–H and O–H groups in total. The molecule has 1 aliphatic heterocycles. The van der Waals surface area contributed by atoms with E-state index in [4.69, 9.17) is 9.47 Å². The second-order valence-corrected chi connectivity index (χ2v) is 7.75. The summed E-state index contributed by atoms with van der Waals surface area (Å²) in [6.07, 6.45) is 0. The number of carbonyl (C=O) groups excluding carboxylic acids is 2. The molecule has 0 unspecified atom stereocenters. The quantitative estimate of drug-likeness (QED) is 0.335. The van der Waals surface area contributed by atoms with E-state index in [0.717, 1.165) is 18.7 Å². The summed E-state index contributed by atoms with van der Waals surface area (Å²) in [6.45, 7) is 9.25. The summed E-state index contributed by atoms with van der Waals surface area (Å²) >= 11 is 0. The normalized spacial score (nSPS) is 17.6. The van der Waals surface area contributed by atoms with Gasteiger partial charge in [0.05, 0.1) is 25.3 Å². The van der Waals surface area contributed by atoms with Gasteiger partial charge in [0.25, 0.3) is 11.7 Å². The molecule has 0 saturated carbocycles. The van der Waals surface area contributed by atoms with Gasteiger partial charge in [-0.25, -0.2) is 0 Å². The largest absolute Gasteiger partial charge is 0.507 e. The summed E-state index contributed by atoms with van der Waals surface area (Å²) in [5.74, 6) is -0.134. The SMILES string of the molecule is CCOc1ccc(/C(O)=C2/C(=O)C(=O)N(CCN(CC)CC)[C@H]2c2ccc(OC)cc2)cc1. The van der Waals surface area contributed by atoms with E-state index in [1.165, 1.54) is 0 Å². The third-order valence-corrected chi connectivity index (χ3v) is 5.96. The number of hydrogen-bond acceptors (Lipinski definition) is 6. The van der Waals surface area contributed by atoms with Crippen LogP contribution in [0.4, 0.5) is 0 Å². The third-order valence-electron chi connectivity index (χ3n) is 5.96. The number of aliphatic hydroxyl groups is 1. The van der Waals surface area contributed by atoms with Crippen molar-refractivity contribution in [3.63, 3.8) is 0 Å². The average Bonchev–Trinajstić information content (AvgIpc) is 3.10. The zero-order chi connectivity index (χ0) is 24.0. The number of rotatable bonds is 10. The number of ether oxygens (including phenoxy) is 2. The number of Topliss-reactive ketones (excluding diaryl/α,β-unsaturated/α-hetero) is 1. The van der Waals surface area contributed by atoms with Crippen molar-refractivity contribution in [1.29, 1.82) is 0 Å². The maximum atomic E-state index is 13.1. The van der Waals surface area contributed by atoms with Crippen LogP contribution in [0.5, 0.6) is 11.5 Å². The number of likely N-dealkylation sites (tertiary alicyclic amines) is 1. The number of aliphatic hydroxyl groups excluding tert-OH is 1. The number of hydrogen-bond donors (Lipinski definition) is 1. The van der Waals surface area contributed by atoms with E-state index in [-0.39, 0.29) is 11.3 Å². The van der Waals surface area contributed by atoms with Crippen molar-refractivity contribution in [2.75, 3.05) is 39.9 Å². The Morgan fingerprint density at radius 1 is 0.970 bits per heavy atom. The Labute approximate surface area is 195 Å². The van der Waals surface area contributed by atoms with E-state index in [1.54, 1.807) is 48.4 Å². The summed E-state index contributed by atoms with van der Waals surface area (Å²) in [6, 6.07) is 13.4. The van der Waals surface area contributed by atoms with Crippen molar-refractivity contribution in [1.82, 2.24) is 9.80 Å². The highest BCUT2D eigenvalue weighted by molar-refractivity contribution is 6.46. The van der Waals surface area contributed by atoms with Crippen molar-refractivity contribution in [3.05, 3.63) is 65.2 Å². The van der Waals surface area contributed by atoms with Crippen LogP contribution in [0, 0.1) is 0 Å². The van der Waals surface area contributed by atoms with Crippen LogP contribution in [0.3, 0.4) is 0 Å². The molecule has 2 aromatic carbocycles. The van der Waals surface area contributed by atoms with Gasteiger partial charge < -0.3 is 24.4 Å². The summed E-state index contributed by atoms with van der Waals surface area (Å²) in [5.41, 5.74) is 1.29. The highest BCUT2D eigenvalue weighted by Crippen LogP contribution is 2.39. The Morgan fingerprint density at radius 3 is 2.12 bits per heavy atom. The minimum atomic E-state index is -0.682. The maximum absolute atomic E-state index is 13.1. The first-order valence-electron chi connectivity index (χ1n) is 11.3. The summed E-state index contributed by atoms with van der Waals surface area (Å²) in [7, 11) is 1.58. The Balaban J connectivity index is 2.05. The van der Waals surface area contributed by atoms with E-state index >= 15 is 0 Å². The molecule has 0 spiro atoms. The molecule has 7 heteroatoms. The molecule has 1 amide bonds. The zero-order valence-corrected chi connectivity index (χ0v) is 19.7. The molecule has 33 heavy (non-hydrogen) atoms. The van der Waals surface area contributed by atoms with Gasteiger partial charge in [0.15, 0.2) is 0 Å². The maximum Gasteiger partial charge on any atom is 0.295 e. The minimum Gasteiger partial charge on any atom is -0.507 e. The van der Waals surface area contributed by atoms with Gasteiger partial charge in [-0.1, -0.05) is 26.0 Å². The van der Waals surface area contributed by atoms with E-state index < -0.39 is 17.7 Å². The molecule has 1 fully saturated rings. The lowest BCUT2D eigenvalue weighted by atomic mass is 9.95.